The summed E-state index contributed by atoms with van der Waals surface area (Å²) in [5.74, 6) is 1.31. The first-order valence-corrected chi connectivity index (χ1v) is 6.86. The van der Waals surface area contributed by atoms with Crippen LogP contribution in [0, 0.1) is 0 Å². The monoisotopic (exact) mass is 232 g/mol. The fourth-order valence-corrected chi connectivity index (χ4v) is 1.58. The molecule has 0 aromatic heterocycles. The van der Waals surface area contributed by atoms with E-state index in [0.29, 0.717) is 6.42 Å². The zero-order valence-electron chi connectivity index (χ0n) is 10.4. The van der Waals surface area contributed by atoms with Gasteiger partial charge in [0.1, 0.15) is 0 Å². The average Bonchev–Trinajstić information content (AvgIpc) is 2.08. The molecular formula is C11H24N2OS. The second-order valence-corrected chi connectivity index (χ2v) is 5.63. The summed E-state index contributed by atoms with van der Waals surface area (Å²) < 4.78 is 0. The molecule has 0 unspecified atom stereocenters. The molecule has 0 aliphatic carbocycles. The molecule has 2 N–H and O–H groups in total. The van der Waals surface area contributed by atoms with Gasteiger partial charge >= 0.3 is 0 Å². The van der Waals surface area contributed by atoms with Crippen LogP contribution in [0.5, 0.6) is 0 Å². The molecule has 4 heteroatoms. The van der Waals surface area contributed by atoms with Crippen molar-refractivity contribution in [3.05, 3.63) is 0 Å². The fourth-order valence-electron chi connectivity index (χ4n) is 1.15. The molecule has 0 aromatic carbocycles. The summed E-state index contributed by atoms with van der Waals surface area (Å²) in [5.41, 5.74) is -0.115. The van der Waals surface area contributed by atoms with Gasteiger partial charge in [-0.15, -0.1) is 0 Å². The van der Waals surface area contributed by atoms with Gasteiger partial charge in [0.15, 0.2) is 0 Å². The van der Waals surface area contributed by atoms with E-state index in [1.165, 1.54) is 12.2 Å². The molecule has 0 radical (unpaired) electrons. The Kier molecular flexibility index (Phi) is 7.88. The van der Waals surface area contributed by atoms with Crippen LogP contribution in [0.3, 0.4) is 0 Å². The molecule has 0 rings (SSSR count). The van der Waals surface area contributed by atoms with Gasteiger partial charge in [0.25, 0.3) is 0 Å². The molecular weight excluding hydrogens is 208 g/mol. The van der Waals surface area contributed by atoms with Crippen molar-refractivity contribution < 1.29 is 4.79 Å². The SMILES string of the molecule is CSCCCNCCC(=O)NC(C)(C)C. The highest BCUT2D eigenvalue weighted by atomic mass is 32.2. The number of hydrogen-bond donors (Lipinski definition) is 2. The Bertz CT molecular complexity index is 178. The maximum Gasteiger partial charge on any atom is 0.221 e. The Balaban J connectivity index is 3.32. The minimum Gasteiger partial charge on any atom is -0.351 e. The third-order valence-corrected chi connectivity index (χ3v) is 2.44. The Hall–Kier alpha value is -0.220. The maximum absolute atomic E-state index is 11.4. The van der Waals surface area contributed by atoms with Gasteiger partial charge in [-0.25, -0.2) is 0 Å². The molecule has 3 nitrogen and oxygen atoms in total. The van der Waals surface area contributed by atoms with Gasteiger partial charge < -0.3 is 10.6 Å². The normalized spacial score (nSPS) is 11.5. The van der Waals surface area contributed by atoms with E-state index in [1.54, 1.807) is 0 Å². The molecule has 0 bridgehead atoms. The van der Waals surface area contributed by atoms with Gasteiger partial charge in [0, 0.05) is 18.5 Å². The van der Waals surface area contributed by atoms with Gasteiger partial charge in [-0.2, -0.15) is 11.8 Å². The number of carbonyl (C=O) groups is 1. The van der Waals surface area contributed by atoms with E-state index in [1.807, 2.05) is 32.5 Å². The average molecular weight is 232 g/mol. The van der Waals surface area contributed by atoms with Gasteiger partial charge in [0.2, 0.25) is 5.91 Å². The van der Waals surface area contributed by atoms with Crippen LogP contribution in [0.2, 0.25) is 0 Å². The summed E-state index contributed by atoms with van der Waals surface area (Å²) in [5, 5.41) is 6.20. The standard InChI is InChI=1S/C11H24N2OS/c1-11(2,3)13-10(14)6-8-12-7-5-9-15-4/h12H,5-9H2,1-4H3,(H,13,14). The maximum atomic E-state index is 11.4. The second kappa shape index (κ2) is 7.99. The van der Waals surface area contributed by atoms with Gasteiger partial charge in [0.05, 0.1) is 0 Å². The molecule has 0 fully saturated rings. The Morgan fingerprint density at radius 3 is 2.47 bits per heavy atom. The minimum atomic E-state index is -0.115. The zero-order valence-corrected chi connectivity index (χ0v) is 11.2. The lowest BCUT2D eigenvalue weighted by molar-refractivity contribution is -0.122. The van der Waals surface area contributed by atoms with Crippen molar-refractivity contribution in [1.82, 2.24) is 10.6 Å². The van der Waals surface area contributed by atoms with E-state index in [2.05, 4.69) is 16.9 Å². The molecule has 90 valence electrons. The summed E-state index contributed by atoms with van der Waals surface area (Å²) in [4.78, 5) is 11.4. The van der Waals surface area contributed by atoms with E-state index in [0.717, 1.165) is 13.1 Å². The van der Waals surface area contributed by atoms with Crippen molar-refractivity contribution in [3.63, 3.8) is 0 Å². The topological polar surface area (TPSA) is 41.1 Å². The molecule has 1 amide bonds. The highest BCUT2D eigenvalue weighted by Crippen LogP contribution is 1.98. The first-order valence-electron chi connectivity index (χ1n) is 5.46. The van der Waals surface area contributed by atoms with E-state index < -0.39 is 0 Å². The minimum absolute atomic E-state index is 0.115. The van der Waals surface area contributed by atoms with Crippen LogP contribution in [0.15, 0.2) is 0 Å². The number of amides is 1. The highest BCUT2D eigenvalue weighted by Gasteiger charge is 2.12. The fraction of sp³-hybridized carbons (Fsp3) is 0.909. The van der Waals surface area contributed by atoms with Gasteiger partial charge in [-0.3, -0.25) is 4.79 Å². The molecule has 15 heavy (non-hydrogen) atoms. The van der Waals surface area contributed by atoms with E-state index >= 15 is 0 Å². The first kappa shape index (κ1) is 14.8. The van der Waals surface area contributed by atoms with Crippen LogP contribution >= 0.6 is 11.8 Å². The van der Waals surface area contributed by atoms with Crippen LogP contribution in [-0.4, -0.2) is 36.5 Å². The lowest BCUT2D eigenvalue weighted by atomic mass is 10.1. The summed E-state index contributed by atoms with van der Waals surface area (Å²) in [6.45, 7) is 7.77. The predicted molar refractivity (Wildman–Crippen MR) is 68.4 cm³/mol. The Labute approximate surface area is 97.8 Å². The molecule has 0 atom stereocenters. The van der Waals surface area contributed by atoms with Crippen molar-refractivity contribution in [2.24, 2.45) is 0 Å². The molecule has 0 aliphatic rings. The van der Waals surface area contributed by atoms with E-state index in [-0.39, 0.29) is 11.4 Å². The number of nitrogens with one attached hydrogen (secondary N) is 2. The molecule has 0 aliphatic heterocycles. The van der Waals surface area contributed by atoms with Crippen molar-refractivity contribution in [2.75, 3.05) is 25.1 Å². The molecule has 0 heterocycles. The van der Waals surface area contributed by atoms with Crippen molar-refractivity contribution in [2.45, 2.75) is 39.2 Å². The van der Waals surface area contributed by atoms with Crippen molar-refractivity contribution in [1.29, 1.82) is 0 Å². The van der Waals surface area contributed by atoms with E-state index in [4.69, 9.17) is 0 Å². The number of rotatable bonds is 7. The zero-order chi connectivity index (χ0) is 11.7. The number of carbonyl (C=O) groups excluding carboxylic acids is 1. The van der Waals surface area contributed by atoms with Crippen LogP contribution in [-0.2, 0) is 4.79 Å². The Morgan fingerprint density at radius 2 is 1.93 bits per heavy atom. The highest BCUT2D eigenvalue weighted by molar-refractivity contribution is 7.98. The summed E-state index contributed by atoms with van der Waals surface area (Å²) in [7, 11) is 0. The lowest BCUT2D eigenvalue weighted by Gasteiger charge is -2.20. The third kappa shape index (κ3) is 11.7. The van der Waals surface area contributed by atoms with Gasteiger partial charge in [-0.05, 0) is 45.7 Å². The third-order valence-electron chi connectivity index (χ3n) is 1.75. The predicted octanol–water partition coefficient (Wildman–Crippen LogP) is 1.63. The van der Waals surface area contributed by atoms with Crippen LogP contribution in [0.4, 0.5) is 0 Å². The van der Waals surface area contributed by atoms with Crippen LogP contribution < -0.4 is 10.6 Å². The van der Waals surface area contributed by atoms with Crippen LogP contribution in [0.1, 0.15) is 33.6 Å². The molecule has 0 spiro atoms. The lowest BCUT2D eigenvalue weighted by Crippen LogP contribution is -2.41. The quantitative estimate of drug-likeness (QED) is 0.656. The largest absolute Gasteiger partial charge is 0.351 e. The Morgan fingerprint density at radius 1 is 1.27 bits per heavy atom. The summed E-state index contributed by atoms with van der Waals surface area (Å²) >= 11 is 1.85. The summed E-state index contributed by atoms with van der Waals surface area (Å²) in [6, 6.07) is 0. The van der Waals surface area contributed by atoms with Crippen LogP contribution in [0.25, 0.3) is 0 Å². The van der Waals surface area contributed by atoms with Gasteiger partial charge in [-0.1, -0.05) is 0 Å². The van der Waals surface area contributed by atoms with Crippen molar-refractivity contribution in [3.8, 4) is 0 Å². The number of thioether (sulfide) groups is 1. The number of hydrogen-bond acceptors (Lipinski definition) is 3. The van der Waals surface area contributed by atoms with Crippen molar-refractivity contribution >= 4 is 17.7 Å². The molecule has 0 saturated heterocycles. The molecule has 0 saturated carbocycles. The van der Waals surface area contributed by atoms with E-state index in [9.17, 15) is 4.79 Å². The first-order chi connectivity index (χ1) is 6.95. The second-order valence-electron chi connectivity index (χ2n) is 4.64. The summed E-state index contributed by atoms with van der Waals surface area (Å²) in [6.07, 6.45) is 3.84. The molecule has 0 aromatic rings. The smallest absolute Gasteiger partial charge is 0.221 e.